The Morgan fingerprint density at radius 1 is 1.19 bits per heavy atom. The van der Waals surface area contributed by atoms with Crippen LogP contribution in [-0.2, 0) is 11.2 Å². The van der Waals surface area contributed by atoms with Crippen LogP contribution in [0.1, 0.15) is 17.5 Å². The quantitative estimate of drug-likeness (QED) is 0.520. The van der Waals surface area contributed by atoms with Gasteiger partial charge in [-0.2, -0.15) is 10.4 Å². The van der Waals surface area contributed by atoms with Gasteiger partial charge in [0.15, 0.2) is 5.82 Å². The van der Waals surface area contributed by atoms with E-state index < -0.39 is 6.36 Å². The van der Waals surface area contributed by atoms with E-state index in [0.717, 1.165) is 0 Å². The maximum atomic E-state index is 12.5. The summed E-state index contributed by atoms with van der Waals surface area (Å²) in [6.45, 7) is 0. The Bertz CT molecular complexity index is 1090. The number of anilines is 1. The van der Waals surface area contributed by atoms with Crippen LogP contribution in [0.3, 0.4) is 0 Å². The summed E-state index contributed by atoms with van der Waals surface area (Å²) < 4.78 is 42.1. The predicted molar refractivity (Wildman–Crippen MR) is 110 cm³/mol. The highest BCUT2D eigenvalue weighted by molar-refractivity contribution is 7.98. The Hall–Kier alpha value is -3.45. The number of hydrogen-bond donors (Lipinski definition) is 1. The molecule has 0 spiro atoms. The first-order chi connectivity index (χ1) is 14.8. The molecule has 0 atom stereocenters. The number of nitrogens with one attached hydrogen (secondary N) is 1. The van der Waals surface area contributed by atoms with Gasteiger partial charge in [0.2, 0.25) is 5.91 Å². The van der Waals surface area contributed by atoms with Crippen molar-refractivity contribution in [3.63, 3.8) is 0 Å². The lowest BCUT2D eigenvalue weighted by atomic mass is 10.1. The van der Waals surface area contributed by atoms with Crippen molar-refractivity contribution in [3.05, 3.63) is 65.7 Å². The number of thioether (sulfide) groups is 1. The van der Waals surface area contributed by atoms with Crippen molar-refractivity contribution in [3.8, 4) is 17.5 Å². The van der Waals surface area contributed by atoms with Crippen molar-refractivity contribution in [1.29, 1.82) is 5.26 Å². The third kappa shape index (κ3) is 5.79. The van der Waals surface area contributed by atoms with Crippen molar-refractivity contribution in [1.82, 2.24) is 9.78 Å². The second kappa shape index (κ2) is 9.57. The first-order valence-electron chi connectivity index (χ1n) is 9.08. The molecule has 0 aliphatic carbocycles. The van der Waals surface area contributed by atoms with Gasteiger partial charge in [0.1, 0.15) is 22.4 Å². The number of hydrogen-bond acceptors (Lipinski definition) is 5. The number of amides is 1. The summed E-state index contributed by atoms with van der Waals surface area (Å²) in [6, 6.07) is 16.5. The van der Waals surface area contributed by atoms with Gasteiger partial charge in [-0.05, 0) is 42.5 Å². The van der Waals surface area contributed by atoms with Crippen LogP contribution in [0.4, 0.5) is 19.0 Å². The summed E-state index contributed by atoms with van der Waals surface area (Å²) >= 11 is 1.29. The number of nitrogens with zero attached hydrogens (tertiary/aromatic N) is 3. The highest BCUT2D eigenvalue weighted by Crippen LogP contribution is 2.29. The smallest absolute Gasteiger partial charge is 0.406 e. The maximum Gasteiger partial charge on any atom is 0.573 e. The minimum atomic E-state index is -4.75. The number of para-hydroxylation sites is 1. The summed E-state index contributed by atoms with van der Waals surface area (Å²) in [6.07, 6.45) is -2.60. The number of rotatable bonds is 7. The molecule has 0 aliphatic rings. The van der Waals surface area contributed by atoms with Gasteiger partial charge >= 0.3 is 6.36 Å². The molecule has 1 N–H and O–H groups in total. The second-order valence-electron chi connectivity index (χ2n) is 6.33. The molecule has 3 aromatic rings. The van der Waals surface area contributed by atoms with Crippen LogP contribution in [0.15, 0.2) is 59.6 Å². The van der Waals surface area contributed by atoms with E-state index in [9.17, 15) is 23.2 Å². The summed E-state index contributed by atoms with van der Waals surface area (Å²) in [4.78, 5) is 12.5. The minimum Gasteiger partial charge on any atom is -0.406 e. The first-order valence-corrected chi connectivity index (χ1v) is 10.3. The number of aromatic nitrogens is 2. The molecule has 160 valence electrons. The molecule has 0 unspecified atom stereocenters. The van der Waals surface area contributed by atoms with Crippen molar-refractivity contribution >= 4 is 23.5 Å². The van der Waals surface area contributed by atoms with Gasteiger partial charge < -0.3 is 10.1 Å². The zero-order chi connectivity index (χ0) is 22.4. The van der Waals surface area contributed by atoms with Gasteiger partial charge in [-0.15, -0.1) is 24.9 Å². The molecule has 31 heavy (non-hydrogen) atoms. The van der Waals surface area contributed by atoms with E-state index in [1.165, 1.54) is 40.7 Å². The number of alkyl halides is 3. The van der Waals surface area contributed by atoms with E-state index in [-0.39, 0.29) is 29.5 Å². The molecule has 0 aliphatic heterocycles. The Morgan fingerprint density at radius 3 is 2.45 bits per heavy atom. The molecule has 0 saturated heterocycles. The molecule has 1 amide bonds. The molecular formula is C21H17F3N4O2S. The van der Waals surface area contributed by atoms with Crippen LogP contribution in [0.2, 0.25) is 0 Å². The zero-order valence-corrected chi connectivity index (χ0v) is 17.1. The average molecular weight is 446 g/mol. The minimum absolute atomic E-state index is 0.0684. The predicted octanol–water partition coefficient (Wildman–Crippen LogP) is 4.94. The Morgan fingerprint density at radius 2 is 1.87 bits per heavy atom. The van der Waals surface area contributed by atoms with E-state index in [1.807, 2.05) is 18.2 Å². The average Bonchev–Trinajstić information content (AvgIpc) is 3.10. The van der Waals surface area contributed by atoms with Crippen LogP contribution >= 0.6 is 11.8 Å². The van der Waals surface area contributed by atoms with Crippen LogP contribution in [0, 0.1) is 11.3 Å². The monoisotopic (exact) mass is 446 g/mol. The fraction of sp³-hybridized carbons (Fsp3) is 0.190. The van der Waals surface area contributed by atoms with Gasteiger partial charge in [-0.1, -0.05) is 30.3 Å². The van der Waals surface area contributed by atoms with Gasteiger partial charge in [0.25, 0.3) is 0 Å². The summed E-state index contributed by atoms with van der Waals surface area (Å²) in [7, 11) is 0. The number of benzene rings is 2. The summed E-state index contributed by atoms with van der Waals surface area (Å²) in [5, 5.41) is 17.2. The molecule has 6 nitrogen and oxygen atoms in total. The molecule has 0 bridgehead atoms. The van der Waals surface area contributed by atoms with Crippen LogP contribution in [-0.4, -0.2) is 28.3 Å². The van der Waals surface area contributed by atoms with Crippen molar-refractivity contribution < 1.29 is 22.7 Å². The number of aryl methyl sites for hydroxylation is 1. The molecule has 2 aromatic carbocycles. The molecule has 3 rings (SSSR count). The first kappa shape index (κ1) is 22.2. The normalized spacial score (nSPS) is 11.1. The number of carbonyl (C=O) groups excluding carboxylic acids is 1. The Kier molecular flexibility index (Phi) is 6.87. The van der Waals surface area contributed by atoms with Crippen LogP contribution in [0.5, 0.6) is 5.75 Å². The lowest BCUT2D eigenvalue weighted by Gasteiger charge is -2.10. The lowest BCUT2D eigenvalue weighted by molar-refractivity contribution is -0.274. The Labute approximate surface area is 180 Å². The number of nitriles is 1. The molecule has 0 saturated carbocycles. The maximum absolute atomic E-state index is 12.5. The van der Waals surface area contributed by atoms with Crippen molar-refractivity contribution in [2.45, 2.75) is 24.2 Å². The van der Waals surface area contributed by atoms with Crippen molar-refractivity contribution in [2.75, 3.05) is 11.6 Å². The number of halogens is 3. The highest BCUT2D eigenvalue weighted by atomic mass is 32.2. The van der Waals surface area contributed by atoms with Crippen molar-refractivity contribution in [2.24, 2.45) is 0 Å². The van der Waals surface area contributed by atoms with E-state index in [0.29, 0.717) is 22.7 Å². The molecule has 0 radical (unpaired) electrons. The van der Waals surface area contributed by atoms with Crippen LogP contribution in [0.25, 0.3) is 5.69 Å². The second-order valence-corrected chi connectivity index (χ2v) is 7.13. The summed E-state index contributed by atoms with van der Waals surface area (Å²) in [5.41, 5.74) is 1.62. The van der Waals surface area contributed by atoms with Gasteiger partial charge in [-0.3, -0.25) is 4.79 Å². The van der Waals surface area contributed by atoms with Gasteiger partial charge in [0, 0.05) is 6.42 Å². The largest absolute Gasteiger partial charge is 0.573 e. The van der Waals surface area contributed by atoms with E-state index in [1.54, 1.807) is 18.4 Å². The summed E-state index contributed by atoms with van der Waals surface area (Å²) in [5.74, 6) is -0.399. The fourth-order valence-corrected chi connectivity index (χ4v) is 3.33. The van der Waals surface area contributed by atoms with Crippen LogP contribution < -0.4 is 10.1 Å². The SMILES string of the molecule is CSc1nn(-c2ccccc2)c(NC(=O)CCc2ccc(OC(F)(F)F)cc2)c1C#N. The molecular weight excluding hydrogens is 429 g/mol. The van der Waals surface area contributed by atoms with E-state index >= 15 is 0 Å². The highest BCUT2D eigenvalue weighted by Gasteiger charge is 2.31. The third-order valence-corrected chi connectivity index (χ3v) is 4.89. The zero-order valence-electron chi connectivity index (χ0n) is 16.3. The third-order valence-electron chi connectivity index (χ3n) is 4.21. The lowest BCUT2D eigenvalue weighted by Crippen LogP contribution is -2.17. The van der Waals surface area contributed by atoms with E-state index in [4.69, 9.17) is 0 Å². The standard InChI is InChI=1S/C21H17F3N4O2S/c1-31-20-17(13-25)19(28(27-20)15-5-3-2-4-6-15)26-18(29)12-9-14-7-10-16(11-8-14)30-21(22,23)24/h2-8,10-11H,9,12H2,1H3,(H,26,29). The molecule has 1 heterocycles. The Balaban J connectivity index is 1.72. The van der Waals surface area contributed by atoms with E-state index in [2.05, 4.69) is 21.2 Å². The number of ether oxygens (including phenoxy) is 1. The topological polar surface area (TPSA) is 79.9 Å². The molecule has 0 fully saturated rings. The molecule has 10 heteroatoms. The van der Waals surface area contributed by atoms with Gasteiger partial charge in [0.05, 0.1) is 5.69 Å². The van der Waals surface area contributed by atoms with Gasteiger partial charge in [-0.25, -0.2) is 4.68 Å². The fourth-order valence-electron chi connectivity index (χ4n) is 2.82. The number of carbonyl (C=O) groups is 1. The molecule has 1 aromatic heterocycles.